The smallest absolute Gasteiger partial charge is 0.309 e. The molecule has 1 aromatic rings. The number of hydrogen-bond acceptors (Lipinski definition) is 3. The molecule has 0 atom stereocenters. The fourth-order valence-corrected chi connectivity index (χ4v) is 2.06. The average molecular weight is 286 g/mol. The minimum atomic E-state index is -2.64. The van der Waals surface area contributed by atoms with Gasteiger partial charge >= 0.3 is 5.97 Å². The van der Waals surface area contributed by atoms with Crippen molar-refractivity contribution in [3.05, 3.63) is 23.3 Å². The maximum Gasteiger partial charge on any atom is 0.309 e. The van der Waals surface area contributed by atoms with E-state index in [2.05, 4.69) is 0 Å². The van der Waals surface area contributed by atoms with Gasteiger partial charge in [-0.05, 0) is 38.0 Å². The monoisotopic (exact) mass is 286 g/mol. The van der Waals surface area contributed by atoms with E-state index in [0.29, 0.717) is 24.5 Å². The number of carbonyl (C=O) groups is 1. The third kappa shape index (κ3) is 2.84. The van der Waals surface area contributed by atoms with Gasteiger partial charge in [-0.15, -0.1) is 0 Å². The van der Waals surface area contributed by atoms with Crippen LogP contribution in [-0.2, 0) is 11.2 Å². The number of rotatable bonds is 4. The van der Waals surface area contributed by atoms with Crippen molar-refractivity contribution in [2.45, 2.75) is 26.7 Å². The Bertz CT molecular complexity index is 526. The summed E-state index contributed by atoms with van der Waals surface area (Å²) in [5.41, 5.74) is -0.828. The molecular weight excluding hydrogens is 270 g/mol. The molecule has 0 radical (unpaired) electrons. The van der Waals surface area contributed by atoms with Crippen molar-refractivity contribution in [2.75, 3.05) is 13.2 Å². The minimum absolute atomic E-state index is 0.0919. The predicted molar refractivity (Wildman–Crippen MR) is 67.5 cm³/mol. The van der Waals surface area contributed by atoms with Crippen LogP contribution >= 0.6 is 0 Å². The molecular formula is C14H16F2O4. The Morgan fingerprint density at radius 3 is 2.60 bits per heavy atom. The molecule has 0 amide bonds. The normalized spacial score (nSPS) is 14.4. The van der Waals surface area contributed by atoms with Crippen LogP contribution in [0.2, 0.25) is 0 Å². The second kappa shape index (κ2) is 5.26. The predicted octanol–water partition coefficient (Wildman–Crippen LogP) is 3.05. The van der Waals surface area contributed by atoms with Crippen molar-refractivity contribution in [1.29, 1.82) is 0 Å². The summed E-state index contributed by atoms with van der Waals surface area (Å²) in [4.78, 5) is 11.2. The summed E-state index contributed by atoms with van der Waals surface area (Å²) in [6.45, 7) is 3.70. The van der Waals surface area contributed by atoms with Gasteiger partial charge in [0.05, 0.1) is 5.41 Å². The topological polar surface area (TPSA) is 55.8 Å². The standard InChI is InChI=1S/C14H16F2O4/c1-14(2,13(17)18)7-9-5-8(12(15)16)6-10-11(9)20-4-3-19-10/h5-6,12H,3-4,7H2,1-2H3,(H,17,18). The molecule has 1 aromatic carbocycles. The van der Waals surface area contributed by atoms with Crippen LogP contribution in [0.5, 0.6) is 11.5 Å². The minimum Gasteiger partial charge on any atom is -0.486 e. The Kier molecular flexibility index (Phi) is 3.83. The number of fused-ring (bicyclic) bond motifs is 1. The van der Waals surface area contributed by atoms with E-state index >= 15 is 0 Å². The second-order valence-corrected chi connectivity index (χ2v) is 5.37. The van der Waals surface area contributed by atoms with Gasteiger partial charge in [0.1, 0.15) is 13.2 Å². The Labute approximate surface area is 115 Å². The molecule has 2 rings (SSSR count). The van der Waals surface area contributed by atoms with Gasteiger partial charge in [-0.25, -0.2) is 8.78 Å². The molecule has 1 heterocycles. The number of benzene rings is 1. The van der Waals surface area contributed by atoms with Crippen LogP contribution in [0.4, 0.5) is 8.78 Å². The molecule has 1 aliphatic rings. The fourth-order valence-electron chi connectivity index (χ4n) is 2.06. The lowest BCUT2D eigenvalue weighted by Crippen LogP contribution is -2.27. The van der Waals surface area contributed by atoms with Crippen molar-refractivity contribution in [1.82, 2.24) is 0 Å². The first-order chi connectivity index (χ1) is 9.31. The van der Waals surface area contributed by atoms with Crippen LogP contribution < -0.4 is 9.47 Å². The van der Waals surface area contributed by atoms with Crippen LogP contribution in [0.15, 0.2) is 12.1 Å². The van der Waals surface area contributed by atoms with Gasteiger partial charge in [-0.3, -0.25) is 4.79 Å². The number of carboxylic acid groups (broad SMARTS) is 1. The number of aliphatic carboxylic acids is 1. The fraction of sp³-hybridized carbons (Fsp3) is 0.500. The van der Waals surface area contributed by atoms with Gasteiger partial charge < -0.3 is 14.6 Å². The number of alkyl halides is 2. The highest BCUT2D eigenvalue weighted by molar-refractivity contribution is 5.74. The third-order valence-electron chi connectivity index (χ3n) is 3.20. The van der Waals surface area contributed by atoms with Crippen molar-refractivity contribution < 1.29 is 28.2 Å². The number of ether oxygens (including phenoxy) is 2. The van der Waals surface area contributed by atoms with Crippen LogP contribution in [0.3, 0.4) is 0 Å². The van der Waals surface area contributed by atoms with Crippen LogP contribution in [0.25, 0.3) is 0 Å². The summed E-state index contributed by atoms with van der Waals surface area (Å²) >= 11 is 0. The van der Waals surface area contributed by atoms with E-state index in [-0.39, 0.29) is 17.7 Å². The van der Waals surface area contributed by atoms with E-state index in [9.17, 15) is 13.6 Å². The lowest BCUT2D eigenvalue weighted by molar-refractivity contribution is -0.146. The van der Waals surface area contributed by atoms with E-state index in [4.69, 9.17) is 14.6 Å². The van der Waals surface area contributed by atoms with Gasteiger partial charge in [-0.2, -0.15) is 0 Å². The molecule has 0 spiro atoms. The molecule has 110 valence electrons. The molecule has 6 heteroatoms. The highest BCUT2D eigenvalue weighted by Crippen LogP contribution is 2.40. The molecule has 0 bridgehead atoms. The molecule has 0 aromatic heterocycles. The zero-order chi connectivity index (χ0) is 14.9. The molecule has 0 aliphatic carbocycles. The zero-order valence-corrected chi connectivity index (χ0v) is 11.3. The molecule has 4 nitrogen and oxygen atoms in total. The lowest BCUT2D eigenvalue weighted by Gasteiger charge is -2.25. The highest BCUT2D eigenvalue weighted by atomic mass is 19.3. The van der Waals surface area contributed by atoms with Crippen LogP contribution in [0.1, 0.15) is 31.4 Å². The Morgan fingerprint density at radius 2 is 2.00 bits per heavy atom. The summed E-state index contributed by atoms with van der Waals surface area (Å²) in [6, 6.07) is 2.54. The van der Waals surface area contributed by atoms with Gasteiger partial charge in [0.15, 0.2) is 11.5 Å². The van der Waals surface area contributed by atoms with E-state index in [1.165, 1.54) is 12.1 Å². The summed E-state index contributed by atoms with van der Waals surface area (Å²) in [5.74, 6) is -0.370. The van der Waals surface area contributed by atoms with Crippen molar-refractivity contribution in [3.63, 3.8) is 0 Å². The first-order valence-electron chi connectivity index (χ1n) is 6.25. The van der Waals surface area contributed by atoms with E-state index in [1.807, 2.05) is 0 Å². The first kappa shape index (κ1) is 14.6. The maximum absolute atomic E-state index is 12.9. The van der Waals surface area contributed by atoms with Gasteiger partial charge in [0.2, 0.25) is 0 Å². The molecule has 1 N–H and O–H groups in total. The molecule has 0 saturated heterocycles. The molecule has 0 fully saturated rings. The van der Waals surface area contributed by atoms with E-state index < -0.39 is 17.8 Å². The van der Waals surface area contributed by atoms with Gasteiger partial charge in [-0.1, -0.05) is 0 Å². The van der Waals surface area contributed by atoms with Gasteiger partial charge in [0, 0.05) is 5.56 Å². The Balaban J connectivity index is 2.45. The second-order valence-electron chi connectivity index (χ2n) is 5.37. The van der Waals surface area contributed by atoms with Crippen molar-refractivity contribution >= 4 is 5.97 Å². The zero-order valence-electron chi connectivity index (χ0n) is 11.3. The summed E-state index contributed by atoms with van der Waals surface area (Å²) in [5, 5.41) is 9.16. The molecule has 1 aliphatic heterocycles. The average Bonchev–Trinajstić information content (AvgIpc) is 2.37. The number of carboxylic acids is 1. The van der Waals surface area contributed by atoms with E-state index in [1.54, 1.807) is 13.8 Å². The Morgan fingerprint density at radius 1 is 1.35 bits per heavy atom. The maximum atomic E-state index is 12.9. The lowest BCUT2D eigenvalue weighted by atomic mass is 9.85. The SMILES string of the molecule is CC(C)(Cc1cc(C(F)F)cc2c1OCCO2)C(=O)O. The van der Waals surface area contributed by atoms with E-state index in [0.717, 1.165) is 0 Å². The third-order valence-corrected chi connectivity index (χ3v) is 3.20. The Hall–Kier alpha value is -1.85. The number of halogens is 2. The highest BCUT2D eigenvalue weighted by Gasteiger charge is 2.31. The largest absolute Gasteiger partial charge is 0.486 e. The first-order valence-corrected chi connectivity index (χ1v) is 6.25. The summed E-state index contributed by atoms with van der Waals surface area (Å²) < 4.78 is 36.6. The van der Waals surface area contributed by atoms with Crippen molar-refractivity contribution in [3.8, 4) is 11.5 Å². The number of hydrogen-bond donors (Lipinski definition) is 1. The summed E-state index contributed by atoms with van der Waals surface area (Å²) in [6.07, 6.45) is -2.55. The quantitative estimate of drug-likeness (QED) is 0.924. The van der Waals surface area contributed by atoms with Crippen LogP contribution in [-0.4, -0.2) is 24.3 Å². The van der Waals surface area contributed by atoms with Gasteiger partial charge in [0.25, 0.3) is 6.43 Å². The molecule has 0 saturated carbocycles. The summed E-state index contributed by atoms with van der Waals surface area (Å²) in [7, 11) is 0. The molecule has 20 heavy (non-hydrogen) atoms. The van der Waals surface area contributed by atoms with Crippen LogP contribution in [0, 0.1) is 5.41 Å². The molecule has 0 unspecified atom stereocenters. The van der Waals surface area contributed by atoms with Crippen molar-refractivity contribution in [2.24, 2.45) is 5.41 Å².